The van der Waals surface area contributed by atoms with Crippen LogP contribution in [0, 0.1) is 5.41 Å². The highest BCUT2D eigenvalue weighted by Crippen LogP contribution is 2.37. The molecule has 0 aliphatic rings. The van der Waals surface area contributed by atoms with Crippen molar-refractivity contribution in [3.05, 3.63) is 24.3 Å². The van der Waals surface area contributed by atoms with Crippen molar-refractivity contribution in [2.45, 2.75) is 226 Å². The van der Waals surface area contributed by atoms with Crippen molar-refractivity contribution < 1.29 is 14.7 Å². The number of unbranched alkanes of at least 4 members (excludes halogenated alkanes) is 24. The minimum absolute atomic E-state index is 0.121. The van der Waals surface area contributed by atoms with Gasteiger partial charge in [0.15, 0.2) is 0 Å². The van der Waals surface area contributed by atoms with E-state index >= 15 is 0 Å². The maximum Gasteiger partial charge on any atom is 0.303 e. The average molecular weight is 646 g/mol. The van der Waals surface area contributed by atoms with Crippen molar-refractivity contribution >= 4 is 11.9 Å². The molecule has 0 saturated heterocycles. The molecule has 4 nitrogen and oxygen atoms in total. The van der Waals surface area contributed by atoms with Crippen molar-refractivity contribution in [2.24, 2.45) is 11.1 Å². The van der Waals surface area contributed by atoms with E-state index in [1.807, 2.05) is 0 Å². The summed E-state index contributed by atoms with van der Waals surface area (Å²) in [6.45, 7) is 4.54. The van der Waals surface area contributed by atoms with Crippen LogP contribution in [0.5, 0.6) is 0 Å². The van der Waals surface area contributed by atoms with Gasteiger partial charge in [-0.15, -0.1) is 0 Å². The van der Waals surface area contributed by atoms with E-state index in [0.29, 0.717) is 12.8 Å². The van der Waals surface area contributed by atoms with Crippen molar-refractivity contribution in [2.75, 3.05) is 0 Å². The second-order valence-electron chi connectivity index (χ2n) is 14.3. The summed E-state index contributed by atoms with van der Waals surface area (Å²) in [6.07, 6.45) is 48.0. The number of amides is 1. The molecule has 0 spiro atoms. The van der Waals surface area contributed by atoms with Crippen LogP contribution in [-0.4, -0.2) is 17.0 Å². The number of aliphatic carboxylic acids is 1. The number of carboxylic acids is 1. The van der Waals surface area contributed by atoms with Gasteiger partial charge in [0.2, 0.25) is 5.91 Å². The van der Waals surface area contributed by atoms with Crippen LogP contribution in [0.25, 0.3) is 0 Å². The monoisotopic (exact) mass is 646 g/mol. The van der Waals surface area contributed by atoms with Gasteiger partial charge in [0, 0.05) is 11.8 Å². The summed E-state index contributed by atoms with van der Waals surface area (Å²) in [5.41, 5.74) is 5.49. The van der Waals surface area contributed by atoms with Gasteiger partial charge in [-0.05, 0) is 77.0 Å². The van der Waals surface area contributed by atoms with E-state index in [1.165, 1.54) is 154 Å². The second-order valence-corrected chi connectivity index (χ2v) is 14.3. The van der Waals surface area contributed by atoms with Crippen molar-refractivity contribution in [3.63, 3.8) is 0 Å². The highest BCUT2D eigenvalue weighted by molar-refractivity contribution is 5.80. The Hall–Kier alpha value is -1.58. The molecule has 1 amide bonds. The van der Waals surface area contributed by atoms with Gasteiger partial charge in [0.25, 0.3) is 0 Å². The summed E-state index contributed by atoms with van der Waals surface area (Å²) in [6, 6.07) is 0. The summed E-state index contributed by atoms with van der Waals surface area (Å²) in [7, 11) is 0. The van der Waals surface area contributed by atoms with E-state index in [4.69, 9.17) is 5.73 Å². The Balaban J connectivity index is 4.13. The van der Waals surface area contributed by atoms with Gasteiger partial charge in [-0.2, -0.15) is 0 Å². The number of primary amides is 1. The van der Waals surface area contributed by atoms with Crippen LogP contribution < -0.4 is 5.73 Å². The van der Waals surface area contributed by atoms with Gasteiger partial charge in [-0.3, -0.25) is 9.59 Å². The first-order valence-electron chi connectivity index (χ1n) is 20.3. The molecular formula is C42H79NO3. The molecule has 46 heavy (non-hydrogen) atoms. The molecule has 0 heterocycles. The maximum atomic E-state index is 12.7. The largest absolute Gasteiger partial charge is 0.481 e. The van der Waals surface area contributed by atoms with Crippen LogP contribution in [-0.2, 0) is 9.59 Å². The Morgan fingerprint density at radius 3 is 1.04 bits per heavy atom. The first-order chi connectivity index (χ1) is 22.5. The number of hydrogen-bond acceptors (Lipinski definition) is 2. The van der Waals surface area contributed by atoms with Crippen LogP contribution in [0.3, 0.4) is 0 Å². The number of allylic oxidation sites excluding steroid dienone is 4. The van der Waals surface area contributed by atoms with Crippen molar-refractivity contribution in [3.8, 4) is 0 Å². The third kappa shape index (κ3) is 29.8. The zero-order chi connectivity index (χ0) is 33.8. The first-order valence-corrected chi connectivity index (χ1v) is 20.3. The molecular weight excluding hydrogens is 566 g/mol. The lowest BCUT2D eigenvalue weighted by Gasteiger charge is -2.31. The maximum absolute atomic E-state index is 12.7. The molecule has 3 N–H and O–H groups in total. The summed E-state index contributed by atoms with van der Waals surface area (Å²) >= 11 is 0. The normalized spacial score (nSPS) is 12.1. The molecule has 0 bridgehead atoms. The average Bonchev–Trinajstić information content (AvgIpc) is 3.03. The van der Waals surface area contributed by atoms with Crippen molar-refractivity contribution in [1.82, 2.24) is 0 Å². The Morgan fingerprint density at radius 2 is 0.739 bits per heavy atom. The number of carbonyl (C=O) groups is 2. The lowest BCUT2D eigenvalue weighted by Crippen LogP contribution is -2.37. The third-order valence-corrected chi connectivity index (χ3v) is 9.90. The summed E-state index contributed by atoms with van der Waals surface area (Å²) < 4.78 is 0. The molecule has 0 aliphatic carbocycles. The fourth-order valence-electron chi connectivity index (χ4n) is 6.74. The van der Waals surface area contributed by atoms with E-state index in [1.54, 1.807) is 0 Å². The van der Waals surface area contributed by atoms with Gasteiger partial charge >= 0.3 is 5.97 Å². The molecule has 0 aromatic rings. The minimum atomic E-state index is -0.784. The standard InChI is InChI=1S/C42H79NO3/c1-3-5-7-9-11-13-15-17-19-21-23-25-27-29-31-33-37-42(41(43)46,39-35-36-40(44)45)38-34-32-30-28-26-24-22-20-18-16-14-12-10-8-6-4-2/h17-20H,3-16,21-39H2,1-2H3,(H2,43,46)(H,44,45)/b19-17-,20-18-. The van der Waals surface area contributed by atoms with Crippen LogP contribution in [0.4, 0.5) is 0 Å². The molecule has 0 radical (unpaired) electrons. The topological polar surface area (TPSA) is 80.4 Å². The Morgan fingerprint density at radius 1 is 0.457 bits per heavy atom. The van der Waals surface area contributed by atoms with Crippen LogP contribution >= 0.6 is 0 Å². The fourth-order valence-corrected chi connectivity index (χ4v) is 6.74. The highest BCUT2D eigenvalue weighted by atomic mass is 16.4. The lowest BCUT2D eigenvalue weighted by molar-refractivity contribution is -0.138. The van der Waals surface area contributed by atoms with Gasteiger partial charge < -0.3 is 10.8 Å². The van der Waals surface area contributed by atoms with Gasteiger partial charge in [-0.1, -0.05) is 167 Å². The Labute approximate surface area is 287 Å². The molecule has 0 atom stereocenters. The number of carbonyl (C=O) groups excluding carboxylic acids is 1. The molecule has 0 aromatic heterocycles. The number of nitrogens with two attached hydrogens (primary N) is 1. The van der Waals surface area contributed by atoms with Gasteiger partial charge in [0.05, 0.1) is 0 Å². The molecule has 0 aliphatic heterocycles. The molecule has 0 fully saturated rings. The molecule has 0 unspecified atom stereocenters. The summed E-state index contributed by atoms with van der Waals surface area (Å²) in [4.78, 5) is 23.9. The van der Waals surface area contributed by atoms with Crippen LogP contribution in [0.1, 0.15) is 226 Å². The zero-order valence-electron chi connectivity index (χ0n) is 31.0. The first kappa shape index (κ1) is 44.4. The fraction of sp³-hybridized carbons (Fsp3) is 0.857. The number of hydrogen-bond donors (Lipinski definition) is 2. The van der Waals surface area contributed by atoms with E-state index in [0.717, 1.165) is 38.5 Å². The number of carboxylic acid groups (broad SMARTS) is 1. The summed E-state index contributed by atoms with van der Waals surface area (Å²) in [5.74, 6) is -0.994. The second kappa shape index (κ2) is 34.7. The molecule has 0 aromatic carbocycles. The van der Waals surface area contributed by atoms with E-state index in [-0.39, 0.29) is 12.3 Å². The van der Waals surface area contributed by atoms with E-state index in [9.17, 15) is 14.7 Å². The molecule has 270 valence electrons. The Kier molecular flexibility index (Phi) is 33.6. The van der Waals surface area contributed by atoms with E-state index in [2.05, 4.69) is 38.2 Å². The van der Waals surface area contributed by atoms with Crippen LogP contribution in [0.2, 0.25) is 0 Å². The van der Waals surface area contributed by atoms with Gasteiger partial charge in [-0.25, -0.2) is 0 Å². The van der Waals surface area contributed by atoms with E-state index < -0.39 is 11.4 Å². The molecule has 0 rings (SSSR count). The Bertz CT molecular complexity index is 686. The quantitative estimate of drug-likeness (QED) is 0.0521. The minimum Gasteiger partial charge on any atom is -0.481 e. The predicted molar refractivity (Wildman–Crippen MR) is 201 cm³/mol. The smallest absolute Gasteiger partial charge is 0.303 e. The predicted octanol–water partition coefficient (Wildman–Crippen LogP) is 13.6. The molecule has 4 heteroatoms. The zero-order valence-corrected chi connectivity index (χ0v) is 31.0. The number of rotatable bonds is 37. The van der Waals surface area contributed by atoms with Crippen molar-refractivity contribution in [1.29, 1.82) is 0 Å². The highest BCUT2D eigenvalue weighted by Gasteiger charge is 2.35. The SMILES string of the molecule is CCCCCCCC/C=C\CCCCCCCCC(CCCCCCCC/C=C\CCCCCCCC)(CCCC(=O)O)C(N)=O. The van der Waals surface area contributed by atoms with Crippen LogP contribution in [0.15, 0.2) is 24.3 Å². The lowest BCUT2D eigenvalue weighted by atomic mass is 9.73. The molecule has 0 saturated carbocycles. The third-order valence-electron chi connectivity index (χ3n) is 9.90. The van der Waals surface area contributed by atoms with Gasteiger partial charge in [0.1, 0.15) is 0 Å². The summed E-state index contributed by atoms with van der Waals surface area (Å²) in [5, 5.41) is 9.17.